The average Bonchev–Trinajstić information content (AvgIpc) is 2.01. The predicted octanol–water partition coefficient (Wildman–Crippen LogP) is 2.53. The maximum Gasteiger partial charge on any atom is 0.151 e. The number of rotatable bonds is 2. The average molecular weight is 265 g/mol. The molecule has 13 heavy (non-hydrogen) atoms. The Kier molecular flexibility index (Phi) is 5.73. The third kappa shape index (κ3) is 4.90. The van der Waals surface area contributed by atoms with Crippen LogP contribution in [0.25, 0.3) is 0 Å². The summed E-state index contributed by atoms with van der Waals surface area (Å²) in [6, 6.07) is 6.28. The van der Waals surface area contributed by atoms with Gasteiger partial charge in [0.25, 0.3) is 0 Å². The summed E-state index contributed by atoms with van der Waals surface area (Å²) >= 11 is 1.19. The summed E-state index contributed by atoms with van der Waals surface area (Å²) in [5, 5.41) is 7.00. The molecule has 0 atom stereocenters. The van der Waals surface area contributed by atoms with Crippen LogP contribution in [0.1, 0.15) is 5.56 Å². The van der Waals surface area contributed by atoms with E-state index in [1.165, 1.54) is 23.9 Å². The van der Waals surface area contributed by atoms with E-state index in [1.807, 2.05) is 0 Å². The van der Waals surface area contributed by atoms with E-state index in [0.29, 0.717) is 5.75 Å². The van der Waals surface area contributed by atoms with Crippen LogP contribution in [0.15, 0.2) is 24.3 Å². The van der Waals surface area contributed by atoms with Crippen LogP contribution in [0.3, 0.4) is 0 Å². The zero-order chi connectivity index (χ0) is 8.97. The number of benzene rings is 1. The van der Waals surface area contributed by atoms with Crippen molar-refractivity contribution in [2.24, 2.45) is 5.73 Å². The van der Waals surface area contributed by atoms with Crippen LogP contribution in [-0.2, 0) is 5.75 Å². The van der Waals surface area contributed by atoms with Crippen molar-refractivity contribution in [3.05, 3.63) is 35.6 Å². The first-order valence-corrected chi connectivity index (χ1v) is 4.38. The molecule has 1 aromatic carbocycles. The van der Waals surface area contributed by atoms with Crippen molar-refractivity contribution < 1.29 is 4.39 Å². The fraction of sp³-hybridized carbons (Fsp3) is 0.125. The molecule has 2 nitrogen and oxygen atoms in total. The van der Waals surface area contributed by atoms with Gasteiger partial charge in [-0.25, -0.2) is 4.39 Å². The molecule has 0 amide bonds. The minimum atomic E-state index is -0.253. The fourth-order valence-electron chi connectivity index (χ4n) is 0.788. The number of thioether (sulfide) groups is 1. The lowest BCUT2D eigenvalue weighted by atomic mass is 10.2. The lowest BCUT2D eigenvalue weighted by molar-refractivity contribution is 0.626. The van der Waals surface area contributed by atoms with Gasteiger partial charge in [0, 0.05) is 5.75 Å². The predicted molar refractivity (Wildman–Crippen MR) is 59.9 cm³/mol. The summed E-state index contributed by atoms with van der Waals surface area (Å²) in [5.74, 6) is 0.296. The summed E-state index contributed by atoms with van der Waals surface area (Å²) in [7, 11) is 0. The van der Waals surface area contributed by atoms with Gasteiger partial charge < -0.3 is 5.73 Å². The minimum Gasteiger partial charge on any atom is -0.379 e. The third-order valence-corrected chi connectivity index (χ3v) is 2.07. The number of hydrogen-bond acceptors (Lipinski definition) is 2. The van der Waals surface area contributed by atoms with E-state index < -0.39 is 0 Å². The summed E-state index contributed by atoms with van der Waals surface area (Å²) in [6.07, 6.45) is 0. The normalized spacial score (nSPS) is 9.00. The van der Waals surface area contributed by atoms with E-state index in [9.17, 15) is 4.39 Å². The zero-order valence-electron chi connectivity index (χ0n) is 6.79. The molecule has 0 saturated carbocycles. The molecular weight excluding hydrogens is 255 g/mol. The Morgan fingerprint density at radius 2 is 2.23 bits per heavy atom. The van der Waals surface area contributed by atoms with Gasteiger partial charge in [-0.2, -0.15) is 0 Å². The molecule has 0 radical (unpaired) electrons. The molecule has 0 saturated heterocycles. The molecule has 0 aromatic heterocycles. The molecule has 1 rings (SSSR count). The number of nitrogens with two attached hydrogens (primary N) is 1. The van der Waals surface area contributed by atoms with Crippen LogP contribution in [0.5, 0.6) is 0 Å². The first-order valence-electron chi connectivity index (χ1n) is 3.40. The van der Waals surface area contributed by atoms with Gasteiger partial charge in [-0.1, -0.05) is 23.9 Å². The molecule has 0 aliphatic heterocycles. The molecule has 1 aromatic rings. The summed E-state index contributed by atoms with van der Waals surface area (Å²) in [6.45, 7) is 0. The van der Waals surface area contributed by atoms with Crippen LogP contribution in [-0.4, -0.2) is 5.17 Å². The maximum atomic E-state index is 12.6. The Morgan fingerprint density at radius 3 is 2.77 bits per heavy atom. The number of hydrogen-bond donors (Lipinski definition) is 2. The van der Waals surface area contributed by atoms with Crippen molar-refractivity contribution in [1.82, 2.24) is 0 Å². The molecular formula is C8H10BrFN2S. The van der Waals surface area contributed by atoms with Crippen LogP contribution < -0.4 is 5.73 Å². The molecule has 0 spiro atoms. The van der Waals surface area contributed by atoms with Crippen molar-refractivity contribution in [2.75, 3.05) is 0 Å². The van der Waals surface area contributed by atoms with Crippen LogP contribution in [0.4, 0.5) is 4.39 Å². The van der Waals surface area contributed by atoms with E-state index in [0.717, 1.165) is 5.56 Å². The smallest absolute Gasteiger partial charge is 0.151 e. The quantitative estimate of drug-likeness (QED) is 0.637. The maximum absolute atomic E-state index is 12.6. The summed E-state index contributed by atoms with van der Waals surface area (Å²) in [4.78, 5) is 0. The van der Waals surface area contributed by atoms with Crippen molar-refractivity contribution in [2.45, 2.75) is 5.75 Å². The SMILES string of the molecule is Br.N=C(N)SCc1cccc(F)c1. The van der Waals surface area contributed by atoms with E-state index in [4.69, 9.17) is 11.1 Å². The van der Waals surface area contributed by atoms with Gasteiger partial charge in [0.1, 0.15) is 5.82 Å². The Hall–Kier alpha value is -0.550. The second-order valence-electron chi connectivity index (χ2n) is 2.28. The van der Waals surface area contributed by atoms with Crippen LogP contribution in [0.2, 0.25) is 0 Å². The van der Waals surface area contributed by atoms with E-state index in [-0.39, 0.29) is 28.0 Å². The van der Waals surface area contributed by atoms with Crippen molar-refractivity contribution in [3.63, 3.8) is 0 Å². The molecule has 72 valence electrons. The standard InChI is InChI=1S/C8H9FN2S.BrH/c9-7-3-1-2-6(4-7)5-12-8(10)11;/h1-4H,5H2,(H3,10,11);1H. The van der Waals surface area contributed by atoms with Crippen molar-refractivity contribution >= 4 is 33.9 Å². The highest BCUT2D eigenvalue weighted by Gasteiger charge is 1.96. The first kappa shape index (κ1) is 12.4. The molecule has 0 aliphatic rings. The second kappa shape index (κ2) is 5.99. The Labute approximate surface area is 91.0 Å². The molecule has 0 bridgehead atoms. The molecule has 0 unspecified atom stereocenters. The van der Waals surface area contributed by atoms with Gasteiger partial charge in [-0.3, -0.25) is 5.41 Å². The molecule has 3 N–H and O–H groups in total. The number of nitrogens with one attached hydrogen (secondary N) is 1. The van der Waals surface area contributed by atoms with Gasteiger partial charge in [0.05, 0.1) is 0 Å². The van der Waals surface area contributed by atoms with E-state index in [1.54, 1.807) is 12.1 Å². The number of halogens is 2. The Balaban J connectivity index is 0.00000144. The largest absolute Gasteiger partial charge is 0.379 e. The third-order valence-electron chi connectivity index (χ3n) is 1.28. The molecule has 0 heterocycles. The highest BCUT2D eigenvalue weighted by molar-refractivity contribution is 8.93. The highest BCUT2D eigenvalue weighted by Crippen LogP contribution is 2.12. The minimum absolute atomic E-state index is 0. The second-order valence-corrected chi connectivity index (χ2v) is 3.30. The Morgan fingerprint density at radius 1 is 1.54 bits per heavy atom. The highest BCUT2D eigenvalue weighted by atomic mass is 79.9. The number of amidine groups is 1. The zero-order valence-corrected chi connectivity index (χ0v) is 9.32. The van der Waals surface area contributed by atoms with Gasteiger partial charge >= 0.3 is 0 Å². The van der Waals surface area contributed by atoms with E-state index in [2.05, 4.69) is 0 Å². The topological polar surface area (TPSA) is 49.9 Å². The fourth-order valence-corrected chi connectivity index (χ4v) is 1.29. The molecule has 0 aliphatic carbocycles. The summed E-state index contributed by atoms with van der Waals surface area (Å²) < 4.78 is 12.6. The first-order chi connectivity index (χ1) is 5.68. The lowest BCUT2D eigenvalue weighted by Gasteiger charge is -1.98. The van der Waals surface area contributed by atoms with Crippen LogP contribution in [0, 0.1) is 11.2 Å². The molecule has 5 heteroatoms. The Bertz CT molecular complexity index is 293. The van der Waals surface area contributed by atoms with Gasteiger partial charge in [-0.05, 0) is 17.7 Å². The van der Waals surface area contributed by atoms with Crippen molar-refractivity contribution in [3.8, 4) is 0 Å². The summed E-state index contributed by atoms with van der Waals surface area (Å²) in [5.41, 5.74) is 5.97. The van der Waals surface area contributed by atoms with Crippen molar-refractivity contribution in [1.29, 1.82) is 5.41 Å². The monoisotopic (exact) mass is 264 g/mol. The van der Waals surface area contributed by atoms with Gasteiger partial charge in [0.2, 0.25) is 0 Å². The van der Waals surface area contributed by atoms with Gasteiger partial charge in [0.15, 0.2) is 5.17 Å². The van der Waals surface area contributed by atoms with Crippen LogP contribution >= 0.6 is 28.7 Å². The van der Waals surface area contributed by atoms with E-state index >= 15 is 0 Å². The van der Waals surface area contributed by atoms with Gasteiger partial charge in [-0.15, -0.1) is 17.0 Å². The molecule has 0 fully saturated rings. The lowest BCUT2D eigenvalue weighted by Crippen LogP contribution is -2.03.